The molecule has 2 rings (SSSR count). The third-order valence-electron chi connectivity index (χ3n) is 3.36. The summed E-state index contributed by atoms with van der Waals surface area (Å²) in [5, 5.41) is 2.96. The summed E-state index contributed by atoms with van der Waals surface area (Å²) < 4.78 is 5.10. The van der Waals surface area contributed by atoms with Crippen LogP contribution in [0.2, 0.25) is 0 Å². The lowest BCUT2D eigenvalue weighted by Gasteiger charge is -2.23. The van der Waals surface area contributed by atoms with Gasteiger partial charge in [0.15, 0.2) is 0 Å². The van der Waals surface area contributed by atoms with E-state index in [1.807, 2.05) is 60.7 Å². The van der Waals surface area contributed by atoms with Gasteiger partial charge in [-0.05, 0) is 11.1 Å². The number of urea groups is 1. The normalized spacial score (nSPS) is 10.2. The summed E-state index contributed by atoms with van der Waals surface area (Å²) in [5.74, 6) is 0. The molecule has 0 heterocycles. The van der Waals surface area contributed by atoms with Gasteiger partial charge in [-0.3, -0.25) is 0 Å². The fourth-order valence-corrected chi connectivity index (χ4v) is 2.14. The molecule has 0 aliphatic heterocycles. The van der Waals surface area contributed by atoms with E-state index < -0.39 is 0 Å². The van der Waals surface area contributed by atoms with Gasteiger partial charge in [0.25, 0.3) is 0 Å². The number of carbonyl (C=O) groups excluding carboxylic acids is 1. The molecule has 0 aliphatic carbocycles. The van der Waals surface area contributed by atoms with Gasteiger partial charge in [0.05, 0.1) is 6.61 Å². The Morgan fingerprint density at radius 2 is 1.59 bits per heavy atom. The predicted octanol–water partition coefficient (Wildman–Crippen LogP) is 3.04. The lowest BCUT2D eigenvalue weighted by Crippen LogP contribution is -2.40. The van der Waals surface area contributed by atoms with E-state index >= 15 is 0 Å². The van der Waals surface area contributed by atoms with Gasteiger partial charge in [0.1, 0.15) is 0 Å². The average Bonchev–Trinajstić information content (AvgIpc) is 2.58. The van der Waals surface area contributed by atoms with Crippen molar-refractivity contribution in [2.75, 3.05) is 20.3 Å². The molecule has 4 heteroatoms. The molecule has 0 saturated heterocycles. The SMILES string of the molecule is COCCN(Cc1ccccc1)C(=O)NCc1ccccc1. The Morgan fingerprint density at radius 3 is 2.18 bits per heavy atom. The molecule has 22 heavy (non-hydrogen) atoms. The van der Waals surface area contributed by atoms with Crippen LogP contribution in [0.4, 0.5) is 4.79 Å². The number of carbonyl (C=O) groups is 1. The molecule has 0 bridgehead atoms. The minimum Gasteiger partial charge on any atom is -0.383 e. The van der Waals surface area contributed by atoms with Gasteiger partial charge in [-0.1, -0.05) is 60.7 Å². The number of nitrogens with one attached hydrogen (secondary N) is 1. The topological polar surface area (TPSA) is 41.6 Å². The number of hydrogen-bond acceptors (Lipinski definition) is 2. The van der Waals surface area contributed by atoms with Crippen LogP contribution in [-0.2, 0) is 17.8 Å². The van der Waals surface area contributed by atoms with Crippen LogP contribution in [0.1, 0.15) is 11.1 Å². The van der Waals surface area contributed by atoms with Crippen molar-refractivity contribution in [3.05, 3.63) is 71.8 Å². The van der Waals surface area contributed by atoms with Gasteiger partial charge in [-0.15, -0.1) is 0 Å². The fraction of sp³-hybridized carbons (Fsp3) is 0.278. The van der Waals surface area contributed by atoms with E-state index in [4.69, 9.17) is 4.74 Å². The van der Waals surface area contributed by atoms with Gasteiger partial charge in [-0.2, -0.15) is 0 Å². The van der Waals surface area contributed by atoms with Crippen molar-refractivity contribution in [2.24, 2.45) is 0 Å². The van der Waals surface area contributed by atoms with Crippen LogP contribution in [0.15, 0.2) is 60.7 Å². The first-order valence-corrected chi connectivity index (χ1v) is 7.39. The first-order valence-electron chi connectivity index (χ1n) is 7.39. The van der Waals surface area contributed by atoms with E-state index in [0.717, 1.165) is 11.1 Å². The second-order valence-corrected chi connectivity index (χ2v) is 5.04. The molecule has 2 aromatic carbocycles. The maximum Gasteiger partial charge on any atom is 0.318 e. The smallest absolute Gasteiger partial charge is 0.318 e. The maximum atomic E-state index is 12.4. The molecule has 116 valence electrons. The van der Waals surface area contributed by atoms with Crippen LogP contribution in [-0.4, -0.2) is 31.2 Å². The summed E-state index contributed by atoms with van der Waals surface area (Å²) in [6.07, 6.45) is 0. The summed E-state index contributed by atoms with van der Waals surface area (Å²) >= 11 is 0. The Morgan fingerprint density at radius 1 is 1.00 bits per heavy atom. The number of benzene rings is 2. The largest absolute Gasteiger partial charge is 0.383 e. The molecule has 0 saturated carbocycles. The molecule has 1 N–H and O–H groups in total. The number of amides is 2. The molecule has 0 spiro atoms. The third kappa shape index (κ3) is 5.22. The van der Waals surface area contributed by atoms with Crippen LogP contribution in [0, 0.1) is 0 Å². The highest BCUT2D eigenvalue weighted by molar-refractivity contribution is 5.74. The predicted molar refractivity (Wildman–Crippen MR) is 87.4 cm³/mol. The number of methoxy groups -OCH3 is 1. The van der Waals surface area contributed by atoms with Crippen LogP contribution >= 0.6 is 0 Å². The number of hydrogen-bond donors (Lipinski definition) is 1. The Labute approximate surface area is 131 Å². The van der Waals surface area contributed by atoms with E-state index in [2.05, 4.69) is 5.32 Å². The van der Waals surface area contributed by atoms with Crippen LogP contribution < -0.4 is 5.32 Å². The van der Waals surface area contributed by atoms with Gasteiger partial charge >= 0.3 is 6.03 Å². The molecule has 2 aromatic rings. The summed E-state index contributed by atoms with van der Waals surface area (Å²) in [6, 6.07) is 19.8. The van der Waals surface area contributed by atoms with E-state index in [0.29, 0.717) is 26.2 Å². The molecule has 0 radical (unpaired) electrons. The van der Waals surface area contributed by atoms with E-state index in [-0.39, 0.29) is 6.03 Å². The van der Waals surface area contributed by atoms with Crippen LogP contribution in [0.25, 0.3) is 0 Å². The first kappa shape index (κ1) is 16.0. The summed E-state index contributed by atoms with van der Waals surface area (Å²) in [5.41, 5.74) is 2.19. The first-order chi connectivity index (χ1) is 10.8. The second kappa shape index (κ2) is 8.85. The molecule has 4 nitrogen and oxygen atoms in total. The van der Waals surface area contributed by atoms with Crippen LogP contribution in [0.3, 0.4) is 0 Å². The number of nitrogens with zero attached hydrogens (tertiary/aromatic N) is 1. The average molecular weight is 298 g/mol. The lowest BCUT2D eigenvalue weighted by atomic mass is 10.2. The molecular weight excluding hydrogens is 276 g/mol. The molecule has 0 aromatic heterocycles. The highest BCUT2D eigenvalue weighted by atomic mass is 16.5. The van der Waals surface area contributed by atoms with Gasteiger partial charge in [0, 0.05) is 26.7 Å². The number of rotatable bonds is 7. The van der Waals surface area contributed by atoms with E-state index in [1.165, 1.54) is 0 Å². The molecule has 2 amide bonds. The quantitative estimate of drug-likeness (QED) is 0.853. The van der Waals surface area contributed by atoms with Gasteiger partial charge < -0.3 is 15.0 Å². The zero-order valence-corrected chi connectivity index (χ0v) is 12.9. The molecule has 0 unspecified atom stereocenters. The summed E-state index contributed by atoms with van der Waals surface area (Å²) in [7, 11) is 1.64. The zero-order valence-electron chi connectivity index (χ0n) is 12.9. The third-order valence-corrected chi connectivity index (χ3v) is 3.36. The minimum atomic E-state index is -0.0789. The van der Waals surface area contributed by atoms with E-state index in [1.54, 1.807) is 12.0 Å². The second-order valence-electron chi connectivity index (χ2n) is 5.04. The molecule has 0 atom stereocenters. The monoisotopic (exact) mass is 298 g/mol. The van der Waals surface area contributed by atoms with Gasteiger partial charge in [-0.25, -0.2) is 4.79 Å². The van der Waals surface area contributed by atoms with E-state index in [9.17, 15) is 4.79 Å². The van der Waals surface area contributed by atoms with Crippen molar-refractivity contribution < 1.29 is 9.53 Å². The van der Waals surface area contributed by atoms with Crippen molar-refractivity contribution >= 4 is 6.03 Å². The zero-order chi connectivity index (χ0) is 15.6. The Balaban J connectivity index is 1.93. The van der Waals surface area contributed by atoms with Crippen molar-refractivity contribution in [2.45, 2.75) is 13.1 Å². The van der Waals surface area contributed by atoms with Crippen molar-refractivity contribution in [1.29, 1.82) is 0 Å². The lowest BCUT2D eigenvalue weighted by molar-refractivity contribution is 0.146. The Bertz CT molecular complexity index is 558. The molecule has 0 aliphatic rings. The number of ether oxygens (including phenoxy) is 1. The highest BCUT2D eigenvalue weighted by Gasteiger charge is 2.13. The molecule has 0 fully saturated rings. The Kier molecular flexibility index (Phi) is 6.45. The minimum absolute atomic E-state index is 0.0789. The van der Waals surface area contributed by atoms with Gasteiger partial charge in [0.2, 0.25) is 0 Å². The van der Waals surface area contributed by atoms with Crippen molar-refractivity contribution in [3.63, 3.8) is 0 Å². The van der Waals surface area contributed by atoms with Crippen molar-refractivity contribution in [3.8, 4) is 0 Å². The Hall–Kier alpha value is -2.33. The maximum absolute atomic E-state index is 12.4. The summed E-state index contributed by atoms with van der Waals surface area (Å²) in [4.78, 5) is 14.2. The fourth-order valence-electron chi connectivity index (χ4n) is 2.14. The summed E-state index contributed by atoms with van der Waals surface area (Å²) in [6.45, 7) is 2.18. The standard InChI is InChI=1S/C18H22N2O2/c1-22-13-12-20(15-17-10-6-3-7-11-17)18(21)19-14-16-8-4-2-5-9-16/h2-11H,12-15H2,1H3,(H,19,21). The van der Waals surface area contributed by atoms with Crippen molar-refractivity contribution in [1.82, 2.24) is 10.2 Å². The molecular formula is C18H22N2O2. The van der Waals surface area contributed by atoms with Crippen LogP contribution in [0.5, 0.6) is 0 Å². The highest BCUT2D eigenvalue weighted by Crippen LogP contribution is 2.05.